The molecule has 54 valence electrons. The lowest BCUT2D eigenvalue weighted by atomic mass is 10.3. The zero-order chi connectivity index (χ0) is 7.56. The molecule has 0 aromatic carbocycles. The molecule has 0 spiro atoms. The number of hydrogen-bond donors (Lipinski definition) is 0. The molecule has 1 aliphatic rings. The summed E-state index contributed by atoms with van der Waals surface area (Å²) in [6.45, 7) is 0. The van der Waals surface area contributed by atoms with Gasteiger partial charge in [-0.3, -0.25) is 4.79 Å². The predicted molar refractivity (Wildman–Crippen MR) is 28.4 cm³/mol. The number of aliphatic carboxylic acids is 1. The first-order valence-corrected chi connectivity index (χ1v) is 2.78. The Morgan fingerprint density at radius 3 is 2.90 bits per heavy atom. The van der Waals surface area contributed by atoms with Gasteiger partial charge in [-0.2, -0.15) is 0 Å². The van der Waals surface area contributed by atoms with E-state index in [2.05, 4.69) is 4.74 Å². The van der Waals surface area contributed by atoms with Crippen LogP contribution in [-0.2, 0) is 14.3 Å². The molecule has 10 heavy (non-hydrogen) atoms. The predicted octanol–water partition coefficient (Wildman–Crippen LogP) is -1.04. The van der Waals surface area contributed by atoms with Crippen molar-refractivity contribution in [2.75, 3.05) is 0 Å². The molecule has 0 aromatic rings. The summed E-state index contributed by atoms with van der Waals surface area (Å²) in [5.41, 5.74) is 0. The van der Waals surface area contributed by atoms with Crippen LogP contribution in [0.3, 0.4) is 0 Å². The maximum atomic E-state index is 10.3. The number of carboxylic acids is 1. The Bertz CT molecular complexity index is 204. The van der Waals surface area contributed by atoms with Gasteiger partial charge in [-0.15, -0.1) is 0 Å². The zero-order valence-corrected chi connectivity index (χ0v) is 5.12. The highest BCUT2D eigenvalue weighted by atomic mass is 16.5. The van der Waals surface area contributed by atoms with Crippen molar-refractivity contribution in [1.82, 2.24) is 0 Å². The van der Waals surface area contributed by atoms with E-state index in [0.717, 1.165) is 0 Å². The van der Waals surface area contributed by atoms with Gasteiger partial charge in [0, 0.05) is 12.4 Å². The van der Waals surface area contributed by atoms with E-state index in [4.69, 9.17) is 0 Å². The molecule has 0 saturated carbocycles. The maximum Gasteiger partial charge on any atom is 0.314 e. The fourth-order valence-corrected chi connectivity index (χ4v) is 0.677. The zero-order valence-electron chi connectivity index (χ0n) is 5.12. The normalized spacial score (nSPS) is 16.4. The highest BCUT2D eigenvalue weighted by Crippen LogP contribution is 2.12. The first kappa shape index (κ1) is 6.80. The Labute approximate surface area is 57.1 Å². The average Bonchev–Trinajstić information content (AvgIpc) is 2.13. The molecule has 0 aliphatic carbocycles. The van der Waals surface area contributed by atoms with Gasteiger partial charge in [0.2, 0.25) is 0 Å². The Morgan fingerprint density at radius 2 is 2.50 bits per heavy atom. The second-order valence-electron chi connectivity index (χ2n) is 1.90. The van der Waals surface area contributed by atoms with Crippen LogP contribution in [0.15, 0.2) is 11.8 Å². The van der Waals surface area contributed by atoms with E-state index in [1.54, 1.807) is 0 Å². The van der Waals surface area contributed by atoms with Crippen LogP contribution in [0, 0.1) is 0 Å². The lowest BCUT2D eigenvalue weighted by Gasteiger charge is -2.00. The molecule has 0 fully saturated rings. The Balaban J connectivity index is 2.44. The van der Waals surface area contributed by atoms with Gasteiger partial charge in [-0.05, 0) is 6.08 Å². The van der Waals surface area contributed by atoms with Crippen molar-refractivity contribution >= 4 is 11.9 Å². The molecule has 1 aliphatic heterocycles. The standard InChI is InChI=1S/C6H6O4/c7-5(8)3-4-1-2-6(9)10-4/h1H,2-3H2,(H,7,8)/p-1. The van der Waals surface area contributed by atoms with Gasteiger partial charge in [-0.25, -0.2) is 0 Å². The smallest absolute Gasteiger partial charge is 0.314 e. The van der Waals surface area contributed by atoms with Crippen molar-refractivity contribution in [3.8, 4) is 0 Å². The molecule has 0 atom stereocenters. The Hall–Kier alpha value is -1.32. The van der Waals surface area contributed by atoms with Crippen molar-refractivity contribution in [3.63, 3.8) is 0 Å². The molecule has 4 heteroatoms. The van der Waals surface area contributed by atoms with E-state index in [1.807, 2.05) is 0 Å². The molecule has 0 radical (unpaired) electrons. The fourth-order valence-electron chi connectivity index (χ4n) is 0.677. The van der Waals surface area contributed by atoms with E-state index in [0.29, 0.717) is 0 Å². The first-order chi connectivity index (χ1) is 4.68. The number of rotatable bonds is 2. The summed E-state index contributed by atoms with van der Waals surface area (Å²) in [7, 11) is 0. The minimum Gasteiger partial charge on any atom is -0.550 e. The topological polar surface area (TPSA) is 66.4 Å². The van der Waals surface area contributed by atoms with Crippen LogP contribution in [0.4, 0.5) is 0 Å². The summed E-state index contributed by atoms with van der Waals surface area (Å²) in [4.78, 5) is 20.3. The molecule has 0 aromatic heterocycles. The van der Waals surface area contributed by atoms with Crippen LogP contribution >= 0.6 is 0 Å². The monoisotopic (exact) mass is 141 g/mol. The van der Waals surface area contributed by atoms with E-state index in [9.17, 15) is 14.7 Å². The third kappa shape index (κ3) is 1.58. The summed E-state index contributed by atoms with van der Waals surface area (Å²) in [6.07, 6.45) is 1.30. The second-order valence-corrected chi connectivity index (χ2v) is 1.90. The highest BCUT2D eigenvalue weighted by Gasteiger charge is 2.13. The number of esters is 1. The van der Waals surface area contributed by atoms with E-state index < -0.39 is 11.9 Å². The Kier molecular flexibility index (Phi) is 1.71. The van der Waals surface area contributed by atoms with Gasteiger partial charge >= 0.3 is 5.97 Å². The SMILES string of the molecule is O=C([O-])CC1=CCC(=O)O1. The lowest BCUT2D eigenvalue weighted by Crippen LogP contribution is -2.22. The van der Waals surface area contributed by atoms with Crippen LogP contribution in [0.5, 0.6) is 0 Å². The van der Waals surface area contributed by atoms with Crippen molar-refractivity contribution in [1.29, 1.82) is 0 Å². The molecule has 0 unspecified atom stereocenters. The summed E-state index contributed by atoms with van der Waals surface area (Å²) < 4.78 is 4.47. The molecule has 4 nitrogen and oxygen atoms in total. The fraction of sp³-hybridized carbons (Fsp3) is 0.333. The highest BCUT2D eigenvalue weighted by molar-refractivity contribution is 5.77. The van der Waals surface area contributed by atoms with Crippen LogP contribution in [0.25, 0.3) is 0 Å². The van der Waals surface area contributed by atoms with Crippen molar-refractivity contribution < 1.29 is 19.4 Å². The molecular formula is C6H5O4-. The number of hydrogen-bond acceptors (Lipinski definition) is 4. The number of cyclic esters (lactones) is 1. The molecule has 0 N–H and O–H groups in total. The van der Waals surface area contributed by atoms with Crippen LogP contribution in [0.1, 0.15) is 12.8 Å². The van der Waals surface area contributed by atoms with Crippen molar-refractivity contribution in [2.24, 2.45) is 0 Å². The molecular weight excluding hydrogens is 136 g/mol. The van der Waals surface area contributed by atoms with Gasteiger partial charge < -0.3 is 14.6 Å². The molecule has 0 bridgehead atoms. The third-order valence-electron chi connectivity index (χ3n) is 1.06. The number of ether oxygens (including phenoxy) is 1. The van der Waals surface area contributed by atoms with Crippen molar-refractivity contribution in [2.45, 2.75) is 12.8 Å². The van der Waals surface area contributed by atoms with Crippen LogP contribution < -0.4 is 5.11 Å². The average molecular weight is 141 g/mol. The third-order valence-corrected chi connectivity index (χ3v) is 1.06. The lowest BCUT2D eigenvalue weighted by molar-refractivity contribution is -0.305. The first-order valence-electron chi connectivity index (χ1n) is 2.78. The largest absolute Gasteiger partial charge is 0.550 e. The van der Waals surface area contributed by atoms with E-state index >= 15 is 0 Å². The minimum atomic E-state index is -1.24. The van der Waals surface area contributed by atoms with Crippen LogP contribution in [-0.4, -0.2) is 11.9 Å². The summed E-state index contributed by atoms with van der Waals surface area (Å²) in [5.74, 6) is -1.46. The van der Waals surface area contributed by atoms with Gasteiger partial charge in [-0.1, -0.05) is 0 Å². The number of carboxylic acid groups (broad SMARTS) is 1. The summed E-state index contributed by atoms with van der Waals surface area (Å²) in [5, 5.41) is 9.92. The summed E-state index contributed by atoms with van der Waals surface area (Å²) in [6, 6.07) is 0. The second kappa shape index (κ2) is 2.51. The summed E-state index contributed by atoms with van der Waals surface area (Å²) >= 11 is 0. The molecule has 1 rings (SSSR count). The van der Waals surface area contributed by atoms with Gasteiger partial charge in [0.1, 0.15) is 5.76 Å². The van der Waals surface area contributed by atoms with Gasteiger partial charge in [0.25, 0.3) is 0 Å². The van der Waals surface area contributed by atoms with Crippen LogP contribution in [0.2, 0.25) is 0 Å². The molecule has 0 amide bonds. The minimum absolute atomic E-state index is 0.169. The quantitative estimate of drug-likeness (QED) is 0.460. The van der Waals surface area contributed by atoms with Gasteiger partial charge in [0.05, 0.1) is 6.42 Å². The number of carbonyl (C=O) groups is 2. The molecule has 0 saturated heterocycles. The van der Waals surface area contributed by atoms with E-state index in [-0.39, 0.29) is 18.6 Å². The van der Waals surface area contributed by atoms with E-state index in [1.165, 1.54) is 6.08 Å². The van der Waals surface area contributed by atoms with Gasteiger partial charge in [0.15, 0.2) is 0 Å². The maximum absolute atomic E-state index is 10.3. The Morgan fingerprint density at radius 1 is 1.80 bits per heavy atom. The number of carbonyl (C=O) groups excluding carboxylic acids is 2. The van der Waals surface area contributed by atoms with Crippen molar-refractivity contribution in [3.05, 3.63) is 11.8 Å². The molecule has 1 heterocycles.